The van der Waals surface area contributed by atoms with Crippen LogP contribution in [-0.4, -0.2) is 21.9 Å². The van der Waals surface area contributed by atoms with Gasteiger partial charge in [-0.1, -0.05) is 48.5 Å². The van der Waals surface area contributed by atoms with E-state index in [-0.39, 0.29) is 11.4 Å². The van der Waals surface area contributed by atoms with Crippen molar-refractivity contribution in [3.05, 3.63) is 66.2 Å². The van der Waals surface area contributed by atoms with Crippen molar-refractivity contribution in [2.24, 2.45) is 7.05 Å². The van der Waals surface area contributed by atoms with Crippen LogP contribution in [0.25, 0.3) is 33.5 Å². The van der Waals surface area contributed by atoms with Crippen LogP contribution in [0, 0.1) is 0 Å². The molecule has 0 amide bonds. The Morgan fingerprint density at radius 3 is 2.18 bits per heavy atom. The summed E-state index contributed by atoms with van der Waals surface area (Å²) in [7, 11) is 3.20. The van der Waals surface area contributed by atoms with E-state index in [0.717, 1.165) is 16.8 Å². The van der Waals surface area contributed by atoms with Crippen LogP contribution < -0.4 is 4.74 Å². The molecule has 0 bridgehead atoms. The quantitative estimate of drug-likeness (QED) is 0.480. The monoisotopic (exact) mass is 383 g/mol. The molecule has 0 unspecified atom stereocenters. The molecule has 28 heavy (non-hydrogen) atoms. The molecule has 0 N–H and O–H groups in total. The summed E-state index contributed by atoms with van der Waals surface area (Å²) in [5, 5.41) is 10.1. The molecular weight excluding hydrogens is 367 g/mol. The van der Waals surface area contributed by atoms with Crippen LogP contribution in [0.15, 0.2) is 60.7 Å². The summed E-state index contributed by atoms with van der Waals surface area (Å²) in [6, 6.07) is 16.8. The molecular formula is C21H16F3N3O. The summed E-state index contributed by atoms with van der Waals surface area (Å²) < 4.78 is 47.4. The van der Waals surface area contributed by atoms with Gasteiger partial charge in [0, 0.05) is 18.0 Å². The molecule has 1 heterocycles. The van der Waals surface area contributed by atoms with E-state index >= 15 is 0 Å². The number of nitrogens with zero attached hydrogens (tertiary/aromatic N) is 3. The normalized spacial score (nSPS) is 11.8. The van der Waals surface area contributed by atoms with Crippen LogP contribution in [-0.2, 0) is 13.2 Å². The summed E-state index contributed by atoms with van der Waals surface area (Å²) in [5.41, 5.74) is -0.106. The summed E-state index contributed by atoms with van der Waals surface area (Å²) in [4.78, 5) is 0. The fraction of sp³-hybridized carbons (Fsp3) is 0.143. The lowest BCUT2D eigenvalue weighted by molar-refractivity contribution is -0.137. The first-order valence-electron chi connectivity index (χ1n) is 8.54. The van der Waals surface area contributed by atoms with Crippen molar-refractivity contribution >= 4 is 10.8 Å². The number of fused-ring (bicyclic) bond motifs is 1. The lowest BCUT2D eigenvalue weighted by Crippen LogP contribution is -2.08. The van der Waals surface area contributed by atoms with Gasteiger partial charge < -0.3 is 9.30 Å². The van der Waals surface area contributed by atoms with E-state index in [1.807, 2.05) is 36.4 Å². The molecule has 0 aliphatic heterocycles. The minimum absolute atomic E-state index is 0.0176. The molecule has 0 aliphatic carbocycles. The van der Waals surface area contributed by atoms with Gasteiger partial charge in [-0.2, -0.15) is 13.2 Å². The Labute approximate surface area is 159 Å². The summed E-state index contributed by atoms with van der Waals surface area (Å²) in [6.07, 6.45) is -4.48. The molecule has 7 heteroatoms. The van der Waals surface area contributed by atoms with Crippen LogP contribution in [0.5, 0.6) is 5.75 Å². The largest absolute Gasteiger partial charge is 0.495 e. The van der Waals surface area contributed by atoms with Gasteiger partial charge >= 0.3 is 6.18 Å². The number of aromatic nitrogens is 3. The molecule has 0 atom stereocenters. The third-order valence-electron chi connectivity index (χ3n) is 4.67. The van der Waals surface area contributed by atoms with Crippen LogP contribution in [0.3, 0.4) is 0 Å². The first-order chi connectivity index (χ1) is 13.4. The SMILES string of the molecule is COc1c(-c2nnc(-c3ccccc3C(F)(F)F)n2C)ccc2ccccc12. The van der Waals surface area contributed by atoms with Gasteiger partial charge in [0.05, 0.1) is 18.2 Å². The third-order valence-corrected chi connectivity index (χ3v) is 4.67. The van der Waals surface area contributed by atoms with E-state index < -0.39 is 11.7 Å². The second-order valence-electron chi connectivity index (χ2n) is 6.32. The van der Waals surface area contributed by atoms with Crippen molar-refractivity contribution in [2.75, 3.05) is 7.11 Å². The Kier molecular flexibility index (Phi) is 4.30. The highest BCUT2D eigenvalue weighted by Crippen LogP contribution is 2.39. The summed E-state index contributed by atoms with van der Waals surface area (Å²) >= 11 is 0. The van der Waals surface area contributed by atoms with Crippen LogP contribution >= 0.6 is 0 Å². The van der Waals surface area contributed by atoms with E-state index in [4.69, 9.17) is 4.74 Å². The number of benzene rings is 3. The van der Waals surface area contributed by atoms with Crippen molar-refractivity contribution in [2.45, 2.75) is 6.18 Å². The minimum Gasteiger partial charge on any atom is -0.495 e. The predicted octanol–water partition coefficient (Wildman–Crippen LogP) is 5.33. The van der Waals surface area contributed by atoms with E-state index in [1.165, 1.54) is 12.1 Å². The first kappa shape index (κ1) is 18.0. The summed E-state index contributed by atoms with van der Waals surface area (Å²) in [5.74, 6) is 1.16. The molecule has 3 aromatic carbocycles. The Bertz CT molecular complexity index is 1170. The summed E-state index contributed by atoms with van der Waals surface area (Å²) in [6.45, 7) is 0. The number of methoxy groups -OCH3 is 1. The predicted molar refractivity (Wildman–Crippen MR) is 101 cm³/mol. The third kappa shape index (κ3) is 2.89. The highest BCUT2D eigenvalue weighted by molar-refractivity contribution is 5.94. The van der Waals surface area contributed by atoms with E-state index in [9.17, 15) is 13.2 Å². The van der Waals surface area contributed by atoms with Gasteiger partial charge in [-0.25, -0.2) is 0 Å². The van der Waals surface area contributed by atoms with Gasteiger partial charge in [-0.05, 0) is 17.5 Å². The topological polar surface area (TPSA) is 39.9 Å². The average molecular weight is 383 g/mol. The van der Waals surface area contributed by atoms with Gasteiger partial charge in [0.25, 0.3) is 0 Å². The first-order valence-corrected chi connectivity index (χ1v) is 8.54. The van der Waals surface area contributed by atoms with Crippen molar-refractivity contribution < 1.29 is 17.9 Å². The second-order valence-corrected chi connectivity index (χ2v) is 6.32. The number of hydrogen-bond donors (Lipinski definition) is 0. The minimum atomic E-state index is -4.48. The molecule has 1 aromatic heterocycles. The zero-order valence-electron chi connectivity index (χ0n) is 15.2. The van der Waals surface area contributed by atoms with Gasteiger partial charge in [0.2, 0.25) is 0 Å². The number of hydrogen-bond acceptors (Lipinski definition) is 3. The maximum Gasteiger partial charge on any atom is 0.417 e. The van der Waals surface area contributed by atoms with Gasteiger partial charge in [-0.3, -0.25) is 0 Å². The highest BCUT2D eigenvalue weighted by Gasteiger charge is 2.34. The number of rotatable bonds is 3. The number of halogens is 3. The van der Waals surface area contributed by atoms with Crippen molar-refractivity contribution in [1.29, 1.82) is 0 Å². The molecule has 0 saturated carbocycles. The van der Waals surface area contributed by atoms with E-state index in [2.05, 4.69) is 10.2 Å². The van der Waals surface area contributed by atoms with Crippen molar-refractivity contribution in [3.8, 4) is 28.5 Å². The number of alkyl halides is 3. The molecule has 0 radical (unpaired) electrons. The Morgan fingerprint density at radius 2 is 1.46 bits per heavy atom. The van der Waals surface area contributed by atoms with Crippen LogP contribution in [0.1, 0.15) is 5.56 Å². The molecule has 0 fully saturated rings. The van der Waals surface area contributed by atoms with Gasteiger partial charge in [-0.15, -0.1) is 10.2 Å². The Hall–Kier alpha value is -3.35. The van der Waals surface area contributed by atoms with E-state index in [1.54, 1.807) is 24.8 Å². The standard InChI is InChI=1S/C21H16F3N3O/c1-27-19(15-9-5-6-10-17(15)21(22,23)24)25-26-20(27)16-12-11-13-7-3-4-8-14(13)18(16)28-2/h3-12H,1-2H3. The second kappa shape index (κ2) is 6.67. The Morgan fingerprint density at radius 1 is 0.821 bits per heavy atom. The molecule has 4 aromatic rings. The van der Waals surface area contributed by atoms with Gasteiger partial charge in [0.1, 0.15) is 5.75 Å². The van der Waals surface area contributed by atoms with Crippen molar-refractivity contribution in [1.82, 2.24) is 14.8 Å². The highest BCUT2D eigenvalue weighted by atomic mass is 19.4. The molecule has 142 valence electrons. The molecule has 0 aliphatic rings. The van der Waals surface area contributed by atoms with Crippen LogP contribution in [0.4, 0.5) is 13.2 Å². The zero-order chi connectivity index (χ0) is 19.9. The molecule has 0 saturated heterocycles. The van der Waals surface area contributed by atoms with Gasteiger partial charge in [0.15, 0.2) is 11.6 Å². The smallest absolute Gasteiger partial charge is 0.417 e. The lowest BCUT2D eigenvalue weighted by atomic mass is 10.0. The van der Waals surface area contributed by atoms with Crippen molar-refractivity contribution in [3.63, 3.8) is 0 Å². The van der Waals surface area contributed by atoms with E-state index in [0.29, 0.717) is 17.1 Å². The average Bonchev–Trinajstić information content (AvgIpc) is 3.07. The molecule has 0 spiro atoms. The maximum absolute atomic E-state index is 13.4. The van der Waals surface area contributed by atoms with Crippen LogP contribution in [0.2, 0.25) is 0 Å². The lowest BCUT2D eigenvalue weighted by Gasteiger charge is -2.13. The fourth-order valence-electron chi connectivity index (χ4n) is 3.36. The zero-order valence-corrected chi connectivity index (χ0v) is 15.2. The number of ether oxygens (including phenoxy) is 1. The molecule has 4 rings (SSSR count). The Balaban J connectivity index is 1.91. The fourth-order valence-corrected chi connectivity index (χ4v) is 3.36. The maximum atomic E-state index is 13.4. The molecule has 4 nitrogen and oxygen atoms in total.